The number of para-hydroxylation sites is 1. The number of nitrogens with zero attached hydrogens (tertiary/aromatic N) is 1. The van der Waals surface area contributed by atoms with E-state index in [1.54, 1.807) is 30.5 Å². The SMILES string of the molecule is CS(=O)c1ccc(C(=O)Nc2ccccc2CN2CCOCC2)cc1. The monoisotopic (exact) mass is 358 g/mol. The van der Waals surface area contributed by atoms with Crippen molar-refractivity contribution < 1.29 is 13.7 Å². The molecule has 0 radical (unpaired) electrons. The van der Waals surface area contributed by atoms with Gasteiger partial charge < -0.3 is 10.1 Å². The predicted molar refractivity (Wildman–Crippen MR) is 99.3 cm³/mol. The van der Waals surface area contributed by atoms with E-state index in [1.165, 1.54) is 0 Å². The maximum Gasteiger partial charge on any atom is 0.255 e. The Morgan fingerprint density at radius 1 is 1.12 bits per heavy atom. The van der Waals surface area contributed by atoms with Crippen LogP contribution in [0.25, 0.3) is 0 Å². The molecule has 2 aromatic carbocycles. The molecular weight excluding hydrogens is 336 g/mol. The van der Waals surface area contributed by atoms with Crippen LogP contribution in [0.4, 0.5) is 5.69 Å². The summed E-state index contributed by atoms with van der Waals surface area (Å²) < 4.78 is 16.8. The third-order valence-electron chi connectivity index (χ3n) is 4.21. The molecule has 25 heavy (non-hydrogen) atoms. The molecule has 2 aromatic rings. The largest absolute Gasteiger partial charge is 0.379 e. The molecule has 1 N–H and O–H groups in total. The summed E-state index contributed by atoms with van der Waals surface area (Å²) in [5, 5.41) is 2.99. The summed E-state index contributed by atoms with van der Waals surface area (Å²) in [5.41, 5.74) is 2.46. The number of nitrogens with one attached hydrogen (secondary N) is 1. The Hall–Kier alpha value is -2.02. The Labute approximate surface area is 150 Å². The Kier molecular flexibility index (Phi) is 5.96. The van der Waals surface area contributed by atoms with E-state index in [0.717, 1.165) is 44.1 Å². The fourth-order valence-electron chi connectivity index (χ4n) is 2.77. The molecule has 1 unspecified atom stereocenters. The summed E-state index contributed by atoms with van der Waals surface area (Å²) in [6, 6.07) is 14.7. The molecule has 132 valence electrons. The van der Waals surface area contributed by atoms with Crippen LogP contribution in [-0.2, 0) is 22.1 Å². The van der Waals surface area contributed by atoms with Crippen molar-refractivity contribution in [1.29, 1.82) is 0 Å². The summed E-state index contributed by atoms with van der Waals surface area (Å²) in [6.45, 7) is 4.09. The van der Waals surface area contributed by atoms with Gasteiger partial charge in [-0.15, -0.1) is 0 Å². The number of ether oxygens (including phenoxy) is 1. The first-order chi connectivity index (χ1) is 12.1. The molecule has 3 rings (SSSR count). The third-order valence-corrected chi connectivity index (χ3v) is 5.15. The van der Waals surface area contributed by atoms with Crippen LogP contribution in [0.3, 0.4) is 0 Å². The first kappa shape index (κ1) is 17.8. The lowest BCUT2D eigenvalue weighted by Crippen LogP contribution is -2.35. The molecule has 0 aliphatic carbocycles. The van der Waals surface area contributed by atoms with Crippen molar-refractivity contribution in [3.63, 3.8) is 0 Å². The number of anilines is 1. The van der Waals surface area contributed by atoms with Crippen LogP contribution >= 0.6 is 0 Å². The van der Waals surface area contributed by atoms with Crippen molar-refractivity contribution in [2.24, 2.45) is 0 Å². The van der Waals surface area contributed by atoms with E-state index in [9.17, 15) is 9.00 Å². The van der Waals surface area contributed by atoms with Gasteiger partial charge in [0.2, 0.25) is 0 Å². The molecule has 1 aliphatic heterocycles. The molecule has 0 saturated carbocycles. The van der Waals surface area contributed by atoms with Crippen LogP contribution in [0.5, 0.6) is 0 Å². The average Bonchev–Trinajstić information content (AvgIpc) is 2.64. The van der Waals surface area contributed by atoms with E-state index in [-0.39, 0.29) is 5.91 Å². The lowest BCUT2D eigenvalue weighted by atomic mass is 10.1. The van der Waals surface area contributed by atoms with E-state index in [4.69, 9.17) is 4.74 Å². The number of hydrogen-bond acceptors (Lipinski definition) is 4. The Bertz CT molecular complexity index is 756. The molecular formula is C19H22N2O3S. The van der Waals surface area contributed by atoms with E-state index in [0.29, 0.717) is 10.5 Å². The summed E-state index contributed by atoms with van der Waals surface area (Å²) >= 11 is 0. The topological polar surface area (TPSA) is 58.6 Å². The van der Waals surface area contributed by atoms with Crippen molar-refractivity contribution in [2.75, 3.05) is 37.9 Å². The molecule has 1 amide bonds. The van der Waals surface area contributed by atoms with Gasteiger partial charge in [0.05, 0.1) is 13.2 Å². The van der Waals surface area contributed by atoms with Gasteiger partial charge in [0.25, 0.3) is 5.91 Å². The Morgan fingerprint density at radius 3 is 2.48 bits per heavy atom. The van der Waals surface area contributed by atoms with Gasteiger partial charge in [-0.3, -0.25) is 13.9 Å². The number of amides is 1. The lowest BCUT2D eigenvalue weighted by molar-refractivity contribution is 0.0342. The molecule has 1 saturated heterocycles. The zero-order valence-electron chi connectivity index (χ0n) is 14.2. The van der Waals surface area contributed by atoms with Crippen molar-refractivity contribution in [2.45, 2.75) is 11.4 Å². The molecule has 5 nitrogen and oxygen atoms in total. The molecule has 1 heterocycles. The van der Waals surface area contributed by atoms with Gasteiger partial charge in [0, 0.05) is 52.8 Å². The molecule has 1 aliphatic rings. The summed E-state index contributed by atoms with van der Waals surface area (Å²) in [6.07, 6.45) is 1.62. The normalized spacial score (nSPS) is 16.4. The minimum Gasteiger partial charge on any atom is -0.379 e. The predicted octanol–water partition coefficient (Wildman–Crippen LogP) is 2.51. The van der Waals surface area contributed by atoms with Crippen molar-refractivity contribution in [3.05, 3.63) is 59.7 Å². The highest BCUT2D eigenvalue weighted by molar-refractivity contribution is 7.84. The number of morpholine rings is 1. The fraction of sp³-hybridized carbons (Fsp3) is 0.316. The molecule has 6 heteroatoms. The van der Waals surface area contributed by atoms with Gasteiger partial charge in [0.1, 0.15) is 0 Å². The highest BCUT2D eigenvalue weighted by atomic mass is 32.2. The van der Waals surface area contributed by atoms with Crippen molar-refractivity contribution in [3.8, 4) is 0 Å². The molecule has 0 spiro atoms. The first-order valence-electron chi connectivity index (χ1n) is 8.26. The number of hydrogen-bond donors (Lipinski definition) is 1. The smallest absolute Gasteiger partial charge is 0.255 e. The Morgan fingerprint density at radius 2 is 1.80 bits per heavy atom. The average molecular weight is 358 g/mol. The molecule has 1 atom stereocenters. The highest BCUT2D eigenvalue weighted by Gasteiger charge is 2.14. The van der Waals surface area contributed by atoms with Crippen LogP contribution in [-0.4, -0.2) is 47.6 Å². The second-order valence-corrected chi connectivity index (χ2v) is 7.36. The number of carbonyl (C=O) groups is 1. The van der Waals surface area contributed by atoms with E-state index >= 15 is 0 Å². The minimum absolute atomic E-state index is 0.164. The zero-order valence-corrected chi connectivity index (χ0v) is 15.1. The summed E-state index contributed by atoms with van der Waals surface area (Å²) in [4.78, 5) is 15.6. The van der Waals surface area contributed by atoms with Gasteiger partial charge in [-0.1, -0.05) is 18.2 Å². The fourth-order valence-corrected chi connectivity index (χ4v) is 3.29. The van der Waals surface area contributed by atoms with Crippen molar-refractivity contribution in [1.82, 2.24) is 4.90 Å². The number of rotatable bonds is 5. The number of carbonyl (C=O) groups excluding carboxylic acids is 1. The number of benzene rings is 2. The van der Waals surface area contributed by atoms with E-state index < -0.39 is 10.8 Å². The first-order valence-corrected chi connectivity index (χ1v) is 9.82. The van der Waals surface area contributed by atoms with Crippen molar-refractivity contribution >= 4 is 22.4 Å². The Balaban J connectivity index is 1.71. The van der Waals surface area contributed by atoms with Crippen LogP contribution in [0.15, 0.2) is 53.4 Å². The maximum absolute atomic E-state index is 12.5. The minimum atomic E-state index is -1.04. The van der Waals surface area contributed by atoms with Crippen LogP contribution in [0, 0.1) is 0 Å². The quantitative estimate of drug-likeness (QED) is 0.892. The van der Waals surface area contributed by atoms with E-state index in [1.807, 2.05) is 24.3 Å². The highest BCUT2D eigenvalue weighted by Crippen LogP contribution is 2.19. The van der Waals surface area contributed by atoms with Gasteiger partial charge in [-0.05, 0) is 35.9 Å². The van der Waals surface area contributed by atoms with Crippen LogP contribution in [0.1, 0.15) is 15.9 Å². The molecule has 1 fully saturated rings. The summed E-state index contributed by atoms with van der Waals surface area (Å²) in [5.74, 6) is -0.164. The molecule has 0 aromatic heterocycles. The van der Waals surface area contributed by atoms with Gasteiger partial charge in [-0.25, -0.2) is 0 Å². The standard InChI is InChI=1S/C19H22N2O3S/c1-25(23)17-8-6-15(7-9-17)19(22)20-18-5-3-2-4-16(18)14-21-10-12-24-13-11-21/h2-9H,10-14H2,1H3,(H,20,22). The second-order valence-electron chi connectivity index (χ2n) is 5.98. The lowest BCUT2D eigenvalue weighted by Gasteiger charge is -2.27. The van der Waals surface area contributed by atoms with E-state index in [2.05, 4.69) is 10.2 Å². The molecule has 0 bridgehead atoms. The van der Waals surface area contributed by atoms with Crippen LogP contribution in [0.2, 0.25) is 0 Å². The van der Waals surface area contributed by atoms with Gasteiger partial charge in [-0.2, -0.15) is 0 Å². The second kappa shape index (κ2) is 8.38. The van der Waals surface area contributed by atoms with Gasteiger partial charge in [0.15, 0.2) is 0 Å². The zero-order chi connectivity index (χ0) is 17.6. The summed E-state index contributed by atoms with van der Waals surface area (Å²) in [7, 11) is -1.04. The van der Waals surface area contributed by atoms with Gasteiger partial charge >= 0.3 is 0 Å². The van der Waals surface area contributed by atoms with Crippen LogP contribution < -0.4 is 5.32 Å². The maximum atomic E-state index is 12.5. The third kappa shape index (κ3) is 4.75.